The molecule has 2 heterocycles. The van der Waals surface area contributed by atoms with Crippen LogP contribution in [0.5, 0.6) is 0 Å². The van der Waals surface area contributed by atoms with Gasteiger partial charge in [0.2, 0.25) is 11.9 Å². The zero-order chi connectivity index (χ0) is 19.1. The first kappa shape index (κ1) is 17.4. The zero-order valence-electron chi connectivity index (χ0n) is 15.5. The lowest BCUT2D eigenvalue weighted by Crippen LogP contribution is -2.28. The Morgan fingerprint density at radius 1 is 1.04 bits per heavy atom. The van der Waals surface area contributed by atoms with E-state index in [4.69, 9.17) is 4.98 Å². The number of hydrogen-bond acceptors (Lipinski definition) is 6. The standard InChI is InChI=1S/C20H23FN6O/c21-15-3-1-2-4-16(15)24-20-25-17-11-22-19(23-12-5-9-14(28)10-6-12)26-18(17)27(20)13-7-8-13/h1-4,11-14,28H,5-10H2,(H,24,25)(H,22,23,26)/t12-,14-. The molecule has 2 aliphatic carbocycles. The Kier molecular flexibility index (Phi) is 4.35. The number of benzene rings is 1. The van der Waals surface area contributed by atoms with Gasteiger partial charge in [0.15, 0.2) is 5.65 Å². The highest BCUT2D eigenvalue weighted by molar-refractivity contribution is 5.76. The van der Waals surface area contributed by atoms with Gasteiger partial charge in [0.25, 0.3) is 0 Å². The fourth-order valence-electron chi connectivity index (χ4n) is 3.81. The van der Waals surface area contributed by atoms with Crippen molar-refractivity contribution in [3.8, 4) is 0 Å². The quantitative estimate of drug-likeness (QED) is 0.623. The predicted octanol–water partition coefficient (Wildman–Crippen LogP) is 3.76. The van der Waals surface area contributed by atoms with E-state index in [9.17, 15) is 9.50 Å². The number of fused-ring (bicyclic) bond motifs is 1. The smallest absolute Gasteiger partial charge is 0.224 e. The third kappa shape index (κ3) is 3.40. The molecule has 8 heteroatoms. The van der Waals surface area contributed by atoms with Crippen molar-refractivity contribution in [2.45, 2.75) is 56.7 Å². The van der Waals surface area contributed by atoms with E-state index in [-0.39, 0.29) is 18.0 Å². The highest BCUT2D eigenvalue weighted by Gasteiger charge is 2.30. The molecule has 2 saturated carbocycles. The van der Waals surface area contributed by atoms with Gasteiger partial charge in [-0.15, -0.1) is 0 Å². The lowest BCUT2D eigenvalue weighted by atomic mass is 9.93. The van der Waals surface area contributed by atoms with Crippen LogP contribution in [-0.2, 0) is 0 Å². The van der Waals surface area contributed by atoms with Gasteiger partial charge in [-0.1, -0.05) is 12.1 Å². The van der Waals surface area contributed by atoms with E-state index in [0.717, 1.165) is 44.2 Å². The number of aromatic nitrogens is 4. The summed E-state index contributed by atoms with van der Waals surface area (Å²) in [6.07, 6.45) is 7.07. The van der Waals surface area contributed by atoms with Gasteiger partial charge in [-0.25, -0.2) is 14.4 Å². The van der Waals surface area contributed by atoms with E-state index in [2.05, 4.69) is 25.2 Å². The monoisotopic (exact) mass is 382 g/mol. The van der Waals surface area contributed by atoms with Crippen molar-refractivity contribution in [2.75, 3.05) is 10.6 Å². The third-order valence-electron chi connectivity index (χ3n) is 5.50. The lowest BCUT2D eigenvalue weighted by Gasteiger charge is -2.26. The van der Waals surface area contributed by atoms with Gasteiger partial charge in [0.1, 0.15) is 11.3 Å². The van der Waals surface area contributed by atoms with Gasteiger partial charge in [-0.2, -0.15) is 4.98 Å². The zero-order valence-corrected chi connectivity index (χ0v) is 15.5. The van der Waals surface area contributed by atoms with Crippen molar-refractivity contribution < 1.29 is 9.50 Å². The first-order valence-electron chi connectivity index (χ1n) is 9.88. The lowest BCUT2D eigenvalue weighted by molar-refractivity contribution is 0.126. The number of aliphatic hydroxyl groups is 1. The van der Waals surface area contributed by atoms with Crippen molar-refractivity contribution in [3.05, 3.63) is 36.3 Å². The van der Waals surface area contributed by atoms with Crippen molar-refractivity contribution in [2.24, 2.45) is 0 Å². The highest BCUT2D eigenvalue weighted by Crippen LogP contribution is 2.40. The van der Waals surface area contributed by atoms with Gasteiger partial charge in [0.05, 0.1) is 18.0 Å². The Morgan fingerprint density at radius 3 is 2.57 bits per heavy atom. The Bertz CT molecular complexity index is 994. The summed E-state index contributed by atoms with van der Waals surface area (Å²) in [5, 5.41) is 16.2. The largest absolute Gasteiger partial charge is 0.393 e. The summed E-state index contributed by atoms with van der Waals surface area (Å²) in [4.78, 5) is 13.7. The number of nitrogens with zero attached hydrogens (tertiary/aromatic N) is 4. The molecule has 2 fully saturated rings. The maximum absolute atomic E-state index is 14.1. The van der Waals surface area contributed by atoms with Crippen LogP contribution in [0.25, 0.3) is 11.2 Å². The summed E-state index contributed by atoms with van der Waals surface area (Å²) in [6, 6.07) is 7.18. The van der Waals surface area contributed by atoms with Crippen LogP contribution in [0.3, 0.4) is 0 Å². The van der Waals surface area contributed by atoms with E-state index in [0.29, 0.717) is 29.1 Å². The predicted molar refractivity (Wildman–Crippen MR) is 105 cm³/mol. The van der Waals surface area contributed by atoms with E-state index in [1.807, 2.05) is 0 Å². The molecule has 2 aromatic heterocycles. The summed E-state index contributed by atoms with van der Waals surface area (Å²) in [5.74, 6) is 0.854. The van der Waals surface area contributed by atoms with Gasteiger partial charge < -0.3 is 15.7 Å². The second kappa shape index (κ2) is 7.01. The fourth-order valence-corrected chi connectivity index (χ4v) is 3.81. The van der Waals surface area contributed by atoms with Crippen LogP contribution in [0.4, 0.5) is 22.0 Å². The molecule has 146 valence electrons. The van der Waals surface area contributed by atoms with E-state index in [1.165, 1.54) is 6.07 Å². The van der Waals surface area contributed by atoms with Gasteiger partial charge in [-0.3, -0.25) is 4.57 Å². The molecule has 3 aromatic rings. The molecule has 0 bridgehead atoms. The average Bonchev–Trinajstić information content (AvgIpc) is 3.47. The molecule has 0 atom stereocenters. The second-order valence-corrected chi connectivity index (χ2v) is 7.69. The van der Waals surface area contributed by atoms with Gasteiger partial charge in [0, 0.05) is 12.1 Å². The summed E-state index contributed by atoms with van der Waals surface area (Å²) >= 11 is 0. The maximum atomic E-state index is 14.1. The Labute approximate surface area is 162 Å². The molecule has 0 unspecified atom stereocenters. The number of nitrogens with one attached hydrogen (secondary N) is 2. The van der Waals surface area contributed by atoms with Crippen LogP contribution in [-0.4, -0.2) is 36.8 Å². The molecule has 28 heavy (non-hydrogen) atoms. The summed E-state index contributed by atoms with van der Waals surface area (Å²) in [7, 11) is 0. The summed E-state index contributed by atoms with van der Waals surface area (Å²) in [5.41, 5.74) is 1.84. The summed E-state index contributed by atoms with van der Waals surface area (Å²) < 4.78 is 16.1. The molecule has 5 rings (SSSR count). The third-order valence-corrected chi connectivity index (χ3v) is 5.50. The Morgan fingerprint density at radius 2 is 1.82 bits per heavy atom. The minimum absolute atomic E-state index is 0.190. The first-order chi connectivity index (χ1) is 13.7. The number of imidazole rings is 1. The molecule has 1 aromatic carbocycles. The SMILES string of the molecule is O[C@H]1CC[C@H](Nc2ncc3nc(Nc4ccccc4F)n(C4CC4)c3n2)CC1. The van der Waals surface area contributed by atoms with Crippen molar-refractivity contribution >= 4 is 28.7 Å². The average molecular weight is 382 g/mol. The molecule has 0 saturated heterocycles. The van der Waals surface area contributed by atoms with Crippen molar-refractivity contribution in [1.82, 2.24) is 19.5 Å². The van der Waals surface area contributed by atoms with Crippen molar-refractivity contribution in [1.29, 1.82) is 0 Å². The number of hydrogen-bond donors (Lipinski definition) is 3. The van der Waals surface area contributed by atoms with E-state index < -0.39 is 0 Å². The molecule has 0 radical (unpaired) electrons. The number of rotatable bonds is 5. The Balaban J connectivity index is 1.45. The van der Waals surface area contributed by atoms with Crippen LogP contribution in [0.2, 0.25) is 0 Å². The topological polar surface area (TPSA) is 87.9 Å². The van der Waals surface area contributed by atoms with Gasteiger partial charge >= 0.3 is 0 Å². The second-order valence-electron chi connectivity index (χ2n) is 7.69. The number of para-hydroxylation sites is 1. The van der Waals surface area contributed by atoms with Crippen molar-refractivity contribution in [3.63, 3.8) is 0 Å². The molecule has 3 N–H and O–H groups in total. The molecule has 7 nitrogen and oxygen atoms in total. The molecule has 0 amide bonds. The first-order valence-corrected chi connectivity index (χ1v) is 9.88. The van der Waals surface area contributed by atoms with Crippen LogP contribution in [0.1, 0.15) is 44.6 Å². The van der Waals surface area contributed by atoms with Crippen LogP contribution in [0.15, 0.2) is 30.5 Å². The van der Waals surface area contributed by atoms with Crippen LogP contribution >= 0.6 is 0 Å². The molecular weight excluding hydrogens is 359 g/mol. The maximum Gasteiger partial charge on any atom is 0.224 e. The summed E-state index contributed by atoms with van der Waals surface area (Å²) in [6.45, 7) is 0. The highest BCUT2D eigenvalue weighted by atomic mass is 19.1. The number of halogens is 1. The molecule has 0 spiro atoms. The van der Waals surface area contributed by atoms with E-state index >= 15 is 0 Å². The minimum Gasteiger partial charge on any atom is -0.393 e. The number of aliphatic hydroxyl groups excluding tert-OH is 1. The molecular formula is C20H23FN6O. The normalized spacial score (nSPS) is 22.4. The fraction of sp³-hybridized carbons (Fsp3) is 0.450. The van der Waals surface area contributed by atoms with E-state index in [1.54, 1.807) is 24.4 Å². The molecule has 0 aliphatic heterocycles. The van der Waals surface area contributed by atoms with Crippen LogP contribution < -0.4 is 10.6 Å². The van der Waals surface area contributed by atoms with Gasteiger partial charge in [-0.05, 0) is 50.7 Å². The number of anilines is 3. The Hall–Kier alpha value is -2.74. The molecule has 2 aliphatic rings. The van der Waals surface area contributed by atoms with Crippen LogP contribution in [0, 0.1) is 5.82 Å². The minimum atomic E-state index is -0.315.